The molecule has 1 aliphatic rings. The van der Waals surface area contributed by atoms with Gasteiger partial charge in [-0.25, -0.2) is 9.38 Å². The van der Waals surface area contributed by atoms with Crippen LogP contribution in [0, 0.1) is 0 Å². The van der Waals surface area contributed by atoms with E-state index in [0.29, 0.717) is 16.8 Å². The number of nitrogens with two attached hydrogens (primary N) is 1. The number of fused-ring (bicyclic) bond motifs is 2. The first kappa shape index (κ1) is 18.6. The lowest BCUT2D eigenvalue weighted by molar-refractivity contribution is -0.116. The first-order valence-electron chi connectivity index (χ1n) is 9.71. The van der Waals surface area contributed by atoms with Gasteiger partial charge in [0.2, 0.25) is 11.9 Å². The molecule has 2 aromatic heterocycles. The Kier molecular flexibility index (Phi) is 4.63. The number of aromatic nitrogens is 4. The average Bonchev–Trinajstić information content (AvgIpc) is 3.33. The van der Waals surface area contributed by atoms with Gasteiger partial charge in [0.1, 0.15) is 0 Å². The van der Waals surface area contributed by atoms with Gasteiger partial charge in [-0.1, -0.05) is 60.3 Å². The zero-order chi connectivity index (χ0) is 20.7. The lowest BCUT2D eigenvalue weighted by Gasteiger charge is -2.22. The summed E-state index contributed by atoms with van der Waals surface area (Å²) in [5.41, 5.74) is 10.7. The summed E-state index contributed by atoms with van der Waals surface area (Å²) >= 11 is 1.32. The lowest BCUT2D eigenvalue weighted by atomic mass is 10.1. The molecule has 2 aromatic carbocycles. The van der Waals surface area contributed by atoms with Crippen LogP contribution >= 0.6 is 11.8 Å². The van der Waals surface area contributed by atoms with Crippen LogP contribution in [0.4, 0.5) is 11.6 Å². The monoisotopic (exact) mass is 416 g/mol. The van der Waals surface area contributed by atoms with Crippen LogP contribution in [-0.4, -0.2) is 37.3 Å². The molecule has 0 unspecified atom stereocenters. The van der Waals surface area contributed by atoms with Gasteiger partial charge in [0.15, 0.2) is 10.8 Å². The van der Waals surface area contributed by atoms with E-state index >= 15 is 0 Å². The van der Waals surface area contributed by atoms with E-state index in [2.05, 4.69) is 28.2 Å². The Bertz CT molecular complexity index is 1240. The highest BCUT2D eigenvalue weighted by Crippen LogP contribution is 2.33. The number of anilines is 2. The van der Waals surface area contributed by atoms with Crippen LogP contribution in [0.2, 0.25) is 0 Å². The second-order valence-electron chi connectivity index (χ2n) is 7.28. The molecule has 0 fully saturated rings. The summed E-state index contributed by atoms with van der Waals surface area (Å²) in [6.45, 7) is 2.07. The van der Waals surface area contributed by atoms with E-state index < -0.39 is 0 Å². The van der Waals surface area contributed by atoms with Crippen LogP contribution < -0.4 is 10.6 Å². The topological polar surface area (TPSA) is 89.4 Å². The molecule has 1 atom stereocenters. The molecule has 7 nitrogen and oxygen atoms in total. The third-order valence-corrected chi connectivity index (χ3v) is 6.17. The Morgan fingerprint density at radius 2 is 1.90 bits per heavy atom. The van der Waals surface area contributed by atoms with Crippen LogP contribution in [0.25, 0.3) is 16.9 Å². The highest BCUT2D eigenvalue weighted by Gasteiger charge is 2.30. The number of rotatable bonds is 4. The summed E-state index contributed by atoms with van der Waals surface area (Å²) in [5.74, 6) is 0.590. The van der Waals surface area contributed by atoms with Gasteiger partial charge in [0.25, 0.3) is 0 Å². The molecule has 2 N–H and O–H groups in total. The summed E-state index contributed by atoms with van der Waals surface area (Å²) in [6, 6.07) is 19.8. The molecule has 1 amide bonds. The maximum absolute atomic E-state index is 13.0. The second kappa shape index (κ2) is 7.46. The molecule has 0 radical (unpaired) electrons. The summed E-state index contributed by atoms with van der Waals surface area (Å²) in [5, 5.41) is 9.04. The first-order chi connectivity index (χ1) is 14.6. The number of carbonyl (C=O) groups excluding carboxylic acids is 1. The highest BCUT2D eigenvalue weighted by molar-refractivity contribution is 7.99. The lowest BCUT2D eigenvalue weighted by Crippen LogP contribution is -2.37. The van der Waals surface area contributed by atoms with Crippen LogP contribution in [0.5, 0.6) is 0 Å². The molecule has 0 saturated carbocycles. The number of hydrogen-bond donors (Lipinski definition) is 1. The molecule has 0 bridgehead atoms. The van der Waals surface area contributed by atoms with E-state index in [9.17, 15) is 4.79 Å². The number of thioether (sulfide) groups is 1. The van der Waals surface area contributed by atoms with Crippen LogP contribution in [-0.2, 0) is 11.2 Å². The standard InChI is InChI=1S/C22H20N6OS/c1-14-11-16-9-5-6-10-18(16)27(14)20(29)13-30-22-26-25-19-12-17(24-21(23)28(19)22)15-7-3-2-4-8-15/h2-10,12,14H,11,13H2,1H3,(H2,23,24)/t14-/m1/s1. The molecule has 0 spiro atoms. The van der Waals surface area contributed by atoms with E-state index in [4.69, 9.17) is 5.73 Å². The van der Waals surface area contributed by atoms with Crippen molar-refractivity contribution in [3.63, 3.8) is 0 Å². The van der Waals surface area contributed by atoms with Gasteiger partial charge >= 0.3 is 0 Å². The SMILES string of the molecule is C[C@@H]1Cc2ccccc2N1C(=O)CSc1nnc2cc(-c3ccccc3)nc(N)n12. The van der Waals surface area contributed by atoms with Crippen molar-refractivity contribution < 1.29 is 4.79 Å². The van der Waals surface area contributed by atoms with Crippen molar-refractivity contribution in [1.82, 2.24) is 19.6 Å². The Balaban J connectivity index is 1.38. The van der Waals surface area contributed by atoms with Gasteiger partial charge in [-0.15, -0.1) is 10.2 Å². The number of benzene rings is 2. The second-order valence-corrected chi connectivity index (χ2v) is 8.22. The van der Waals surface area contributed by atoms with Crippen molar-refractivity contribution in [2.45, 2.75) is 24.5 Å². The van der Waals surface area contributed by atoms with Crippen LogP contribution in [0.1, 0.15) is 12.5 Å². The summed E-state index contributed by atoms with van der Waals surface area (Å²) in [7, 11) is 0. The third-order valence-electron chi connectivity index (χ3n) is 5.26. The molecule has 5 rings (SSSR count). The molecule has 0 aliphatic carbocycles. The maximum atomic E-state index is 13.0. The molecule has 3 heterocycles. The zero-order valence-electron chi connectivity index (χ0n) is 16.4. The predicted molar refractivity (Wildman–Crippen MR) is 118 cm³/mol. The van der Waals surface area contributed by atoms with Gasteiger partial charge in [-0.3, -0.25) is 4.79 Å². The number of hydrogen-bond acceptors (Lipinski definition) is 6. The third kappa shape index (κ3) is 3.19. The van der Waals surface area contributed by atoms with Gasteiger partial charge in [0.05, 0.1) is 11.4 Å². The number of carbonyl (C=O) groups is 1. The normalized spacial score (nSPS) is 15.5. The number of nitrogen functional groups attached to an aromatic ring is 1. The minimum absolute atomic E-state index is 0.0432. The minimum atomic E-state index is 0.0432. The fraction of sp³-hybridized carbons (Fsp3) is 0.182. The predicted octanol–water partition coefficient (Wildman–Crippen LogP) is 3.44. The fourth-order valence-corrected chi connectivity index (χ4v) is 4.72. The molecule has 30 heavy (non-hydrogen) atoms. The number of amides is 1. The summed E-state index contributed by atoms with van der Waals surface area (Å²) in [6.07, 6.45) is 0.875. The van der Waals surface area contributed by atoms with Crippen molar-refractivity contribution in [2.24, 2.45) is 0 Å². The van der Waals surface area contributed by atoms with E-state index in [1.54, 1.807) is 4.40 Å². The molecule has 0 saturated heterocycles. The van der Waals surface area contributed by atoms with Crippen LogP contribution in [0.15, 0.2) is 65.8 Å². The van der Waals surface area contributed by atoms with E-state index in [0.717, 1.165) is 23.4 Å². The Morgan fingerprint density at radius 3 is 2.73 bits per heavy atom. The van der Waals surface area contributed by atoms with Crippen molar-refractivity contribution in [3.8, 4) is 11.3 Å². The molecule has 1 aliphatic heterocycles. The smallest absolute Gasteiger partial charge is 0.237 e. The van der Waals surface area contributed by atoms with Crippen molar-refractivity contribution in [2.75, 3.05) is 16.4 Å². The van der Waals surface area contributed by atoms with Crippen LogP contribution in [0.3, 0.4) is 0 Å². The molecule has 4 aromatic rings. The zero-order valence-corrected chi connectivity index (χ0v) is 17.2. The molecule has 8 heteroatoms. The van der Waals surface area contributed by atoms with Gasteiger partial charge in [0, 0.05) is 23.4 Å². The van der Waals surface area contributed by atoms with E-state index in [1.807, 2.05) is 59.5 Å². The van der Waals surface area contributed by atoms with E-state index in [-0.39, 0.29) is 17.7 Å². The summed E-state index contributed by atoms with van der Waals surface area (Å²) in [4.78, 5) is 19.4. The Labute approximate surface area is 177 Å². The summed E-state index contributed by atoms with van der Waals surface area (Å²) < 4.78 is 1.69. The Morgan fingerprint density at radius 1 is 1.13 bits per heavy atom. The largest absolute Gasteiger partial charge is 0.369 e. The Hall–Kier alpha value is -3.39. The number of nitrogens with zero attached hydrogens (tertiary/aromatic N) is 5. The number of para-hydroxylation sites is 1. The quantitative estimate of drug-likeness (QED) is 0.513. The van der Waals surface area contributed by atoms with Crippen molar-refractivity contribution >= 4 is 35.0 Å². The molecule has 150 valence electrons. The van der Waals surface area contributed by atoms with E-state index in [1.165, 1.54) is 17.3 Å². The highest BCUT2D eigenvalue weighted by atomic mass is 32.2. The molecular formula is C22H20N6OS. The van der Waals surface area contributed by atoms with Gasteiger partial charge in [-0.2, -0.15) is 0 Å². The van der Waals surface area contributed by atoms with Crippen molar-refractivity contribution in [3.05, 3.63) is 66.2 Å². The minimum Gasteiger partial charge on any atom is -0.369 e. The average molecular weight is 417 g/mol. The van der Waals surface area contributed by atoms with Gasteiger partial charge < -0.3 is 10.6 Å². The molecular weight excluding hydrogens is 396 g/mol. The fourth-order valence-electron chi connectivity index (χ4n) is 3.91. The maximum Gasteiger partial charge on any atom is 0.237 e. The van der Waals surface area contributed by atoms with Crippen molar-refractivity contribution in [1.29, 1.82) is 0 Å². The first-order valence-corrected chi connectivity index (χ1v) is 10.7. The van der Waals surface area contributed by atoms with Gasteiger partial charge in [-0.05, 0) is 25.0 Å².